The maximum Gasteiger partial charge on any atom is 0.251 e. The molecule has 2 aliphatic rings. The van der Waals surface area contributed by atoms with E-state index in [1.807, 2.05) is 18.2 Å². The van der Waals surface area contributed by atoms with Crippen LogP contribution in [0.1, 0.15) is 56.3 Å². The third-order valence-electron chi connectivity index (χ3n) is 6.16. The molecule has 3 rings (SSSR count). The third kappa shape index (κ3) is 4.81. The molecule has 1 aliphatic heterocycles. The van der Waals surface area contributed by atoms with Crippen molar-refractivity contribution in [3.8, 4) is 0 Å². The van der Waals surface area contributed by atoms with Crippen molar-refractivity contribution in [1.29, 1.82) is 0 Å². The van der Waals surface area contributed by atoms with Gasteiger partial charge < -0.3 is 14.8 Å². The number of amides is 1. The second-order valence-corrected chi connectivity index (χ2v) is 9.38. The van der Waals surface area contributed by atoms with E-state index in [0.29, 0.717) is 12.1 Å². The van der Waals surface area contributed by atoms with Gasteiger partial charge in [0.25, 0.3) is 5.91 Å². The van der Waals surface area contributed by atoms with Crippen molar-refractivity contribution in [2.24, 2.45) is 0 Å². The molecule has 1 aromatic rings. The lowest BCUT2D eigenvalue weighted by Crippen LogP contribution is -2.60. The van der Waals surface area contributed by atoms with Crippen molar-refractivity contribution in [3.63, 3.8) is 0 Å². The molecular formula is C21H30Br2N2O3. The first-order chi connectivity index (χ1) is 13.4. The Labute approximate surface area is 184 Å². The Bertz CT molecular complexity index is 678. The number of carbonyl (C=O) groups is 1. The molecule has 2 fully saturated rings. The van der Waals surface area contributed by atoms with E-state index in [9.17, 15) is 4.79 Å². The van der Waals surface area contributed by atoms with Crippen LogP contribution in [0, 0.1) is 0 Å². The third-order valence-corrected chi connectivity index (χ3v) is 8.04. The van der Waals surface area contributed by atoms with E-state index in [2.05, 4.69) is 55.9 Å². The molecule has 7 heteroatoms. The summed E-state index contributed by atoms with van der Waals surface area (Å²) in [6.45, 7) is 8.52. The van der Waals surface area contributed by atoms with E-state index in [1.54, 1.807) is 0 Å². The molecule has 0 aromatic heterocycles. The predicted molar refractivity (Wildman–Crippen MR) is 118 cm³/mol. The predicted octanol–water partition coefficient (Wildman–Crippen LogP) is 4.73. The zero-order chi connectivity index (χ0) is 20.2. The fourth-order valence-corrected chi connectivity index (χ4v) is 5.11. The van der Waals surface area contributed by atoms with Gasteiger partial charge in [0.2, 0.25) is 0 Å². The number of halogens is 2. The summed E-state index contributed by atoms with van der Waals surface area (Å²) >= 11 is 6.93. The summed E-state index contributed by atoms with van der Waals surface area (Å²) in [4.78, 5) is 15.3. The molecule has 1 saturated heterocycles. The van der Waals surface area contributed by atoms with E-state index in [0.717, 1.165) is 67.4 Å². The topological polar surface area (TPSA) is 50.8 Å². The first kappa shape index (κ1) is 22.2. The Morgan fingerprint density at radius 1 is 1.07 bits per heavy atom. The highest BCUT2D eigenvalue weighted by Gasteiger charge is 2.47. The molecule has 1 N–H and O–H groups in total. The van der Waals surface area contributed by atoms with Gasteiger partial charge in [0.15, 0.2) is 5.79 Å². The van der Waals surface area contributed by atoms with Gasteiger partial charge in [-0.1, -0.05) is 13.8 Å². The van der Waals surface area contributed by atoms with Crippen LogP contribution in [0.3, 0.4) is 0 Å². The fourth-order valence-electron chi connectivity index (χ4n) is 4.49. The first-order valence-electron chi connectivity index (χ1n) is 10.2. The molecule has 0 bridgehead atoms. The average molecular weight is 518 g/mol. The number of benzene rings is 1. The van der Waals surface area contributed by atoms with Crippen molar-refractivity contribution in [1.82, 2.24) is 10.2 Å². The van der Waals surface area contributed by atoms with Crippen LogP contribution < -0.4 is 5.32 Å². The van der Waals surface area contributed by atoms with Gasteiger partial charge >= 0.3 is 0 Å². The van der Waals surface area contributed by atoms with Crippen molar-refractivity contribution >= 4 is 37.8 Å². The minimum Gasteiger partial charge on any atom is -0.350 e. The van der Waals surface area contributed by atoms with Gasteiger partial charge in [-0.25, -0.2) is 0 Å². The van der Waals surface area contributed by atoms with Crippen molar-refractivity contribution in [3.05, 3.63) is 32.7 Å². The second kappa shape index (κ2) is 9.56. The SMILES string of the molecule is CCN(CC)C1(CNC(=O)c2ccc(Br)c(Br)c2)CCC2(CC1)OCCCO2. The Morgan fingerprint density at radius 2 is 1.71 bits per heavy atom. The molecule has 0 atom stereocenters. The zero-order valence-electron chi connectivity index (χ0n) is 16.7. The van der Waals surface area contributed by atoms with E-state index in [4.69, 9.17) is 9.47 Å². The van der Waals surface area contributed by atoms with E-state index < -0.39 is 5.79 Å². The van der Waals surface area contributed by atoms with Crippen LogP contribution in [0.4, 0.5) is 0 Å². The lowest BCUT2D eigenvalue weighted by atomic mass is 9.76. The highest BCUT2D eigenvalue weighted by molar-refractivity contribution is 9.13. The number of likely N-dealkylation sites (N-methyl/N-ethyl adjacent to an activating group) is 1. The number of ether oxygens (including phenoxy) is 2. The van der Waals surface area contributed by atoms with E-state index in [1.165, 1.54) is 0 Å². The average Bonchev–Trinajstić information content (AvgIpc) is 2.72. The largest absolute Gasteiger partial charge is 0.350 e. The number of carbonyl (C=O) groups excluding carboxylic acids is 1. The number of hydrogen-bond donors (Lipinski definition) is 1. The van der Waals surface area contributed by atoms with Crippen molar-refractivity contribution in [2.45, 2.75) is 57.3 Å². The maximum absolute atomic E-state index is 12.8. The molecule has 156 valence electrons. The first-order valence-corrected chi connectivity index (χ1v) is 11.8. The highest BCUT2D eigenvalue weighted by Crippen LogP contribution is 2.42. The molecule has 5 nitrogen and oxygen atoms in total. The van der Waals surface area contributed by atoms with Gasteiger partial charge in [-0.15, -0.1) is 0 Å². The van der Waals surface area contributed by atoms with Gasteiger partial charge in [0, 0.05) is 39.4 Å². The monoisotopic (exact) mass is 516 g/mol. The van der Waals surface area contributed by atoms with Crippen LogP contribution in [0.2, 0.25) is 0 Å². The summed E-state index contributed by atoms with van der Waals surface area (Å²) in [5.74, 6) is -0.444. The van der Waals surface area contributed by atoms with Crippen LogP contribution in [-0.2, 0) is 9.47 Å². The van der Waals surface area contributed by atoms with Gasteiger partial charge in [0.1, 0.15) is 0 Å². The van der Waals surface area contributed by atoms with Gasteiger partial charge in [-0.2, -0.15) is 0 Å². The lowest BCUT2D eigenvalue weighted by molar-refractivity contribution is -0.288. The Balaban J connectivity index is 1.70. The summed E-state index contributed by atoms with van der Waals surface area (Å²) in [5, 5.41) is 3.20. The smallest absolute Gasteiger partial charge is 0.251 e. The number of nitrogens with one attached hydrogen (secondary N) is 1. The molecule has 1 amide bonds. The quantitative estimate of drug-likeness (QED) is 0.592. The molecule has 0 radical (unpaired) electrons. The Hall–Kier alpha value is -0.470. The fraction of sp³-hybridized carbons (Fsp3) is 0.667. The number of hydrogen-bond acceptors (Lipinski definition) is 4. The Kier molecular flexibility index (Phi) is 7.59. The van der Waals surface area contributed by atoms with E-state index >= 15 is 0 Å². The van der Waals surface area contributed by atoms with Crippen LogP contribution in [0.15, 0.2) is 27.1 Å². The summed E-state index contributed by atoms with van der Waals surface area (Å²) in [6.07, 6.45) is 4.64. The summed E-state index contributed by atoms with van der Waals surface area (Å²) in [5.41, 5.74) is 0.609. The molecule has 1 aliphatic carbocycles. The molecule has 28 heavy (non-hydrogen) atoms. The van der Waals surface area contributed by atoms with Crippen LogP contribution >= 0.6 is 31.9 Å². The molecule has 1 aromatic carbocycles. The standard InChI is InChI=1S/C21H30Br2N2O3/c1-3-25(4-2)20(8-10-21(11-9-20)27-12-5-13-28-21)15-24-19(26)16-6-7-17(22)18(23)14-16/h6-7,14H,3-5,8-13,15H2,1-2H3,(H,24,26). The highest BCUT2D eigenvalue weighted by atomic mass is 79.9. The van der Waals surface area contributed by atoms with Gasteiger partial charge in [-0.05, 0) is 82.4 Å². The number of rotatable bonds is 6. The second-order valence-electron chi connectivity index (χ2n) is 7.67. The zero-order valence-corrected chi connectivity index (χ0v) is 19.9. The minimum atomic E-state index is -0.407. The molecule has 1 saturated carbocycles. The normalized spacial score (nSPS) is 21.0. The van der Waals surface area contributed by atoms with E-state index in [-0.39, 0.29) is 11.4 Å². The van der Waals surface area contributed by atoms with Gasteiger partial charge in [0.05, 0.1) is 13.2 Å². The minimum absolute atomic E-state index is 0.0369. The van der Waals surface area contributed by atoms with Crippen molar-refractivity contribution in [2.75, 3.05) is 32.8 Å². The van der Waals surface area contributed by atoms with Crippen LogP contribution in [-0.4, -0.2) is 55.0 Å². The Morgan fingerprint density at radius 3 is 2.29 bits per heavy atom. The summed E-state index contributed by atoms with van der Waals surface area (Å²) in [7, 11) is 0. The van der Waals surface area contributed by atoms with Crippen molar-refractivity contribution < 1.29 is 14.3 Å². The summed E-state index contributed by atoms with van der Waals surface area (Å²) < 4.78 is 13.9. The number of nitrogens with zero attached hydrogens (tertiary/aromatic N) is 1. The van der Waals surface area contributed by atoms with Crippen LogP contribution in [0.5, 0.6) is 0 Å². The lowest BCUT2D eigenvalue weighted by Gasteiger charge is -2.51. The molecule has 0 unspecified atom stereocenters. The maximum atomic E-state index is 12.8. The van der Waals surface area contributed by atoms with Crippen LogP contribution in [0.25, 0.3) is 0 Å². The molecular weight excluding hydrogens is 488 g/mol. The van der Waals surface area contributed by atoms with Gasteiger partial charge in [-0.3, -0.25) is 9.69 Å². The molecule has 1 heterocycles. The molecule has 1 spiro atoms. The summed E-state index contributed by atoms with van der Waals surface area (Å²) in [6, 6.07) is 5.58.